The van der Waals surface area contributed by atoms with Crippen LogP contribution in [0.3, 0.4) is 0 Å². The predicted octanol–water partition coefficient (Wildman–Crippen LogP) is 5.32. The number of ether oxygens (including phenoxy) is 2. The maximum atomic E-state index is 12.7. The molecule has 2 aromatic rings. The maximum Gasteiger partial charge on any atom is 0.343 e. The van der Waals surface area contributed by atoms with Gasteiger partial charge in [-0.05, 0) is 69.9 Å². The van der Waals surface area contributed by atoms with E-state index in [1.807, 2.05) is 30.3 Å². The number of nitrogens with zero attached hydrogens (tertiary/aromatic N) is 1. The molecule has 0 radical (unpaired) electrons. The first-order chi connectivity index (χ1) is 14.9. The van der Waals surface area contributed by atoms with Crippen molar-refractivity contribution in [2.45, 2.75) is 12.8 Å². The van der Waals surface area contributed by atoms with Gasteiger partial charge in [-0.25, -0.2) is 4.79 Å². The largest absolute Gasteiger partial charge is 0.479 e. The van der Waals surface area contributed by atoms with Crippen molar-refractivity contribution in [3.8, 4) is 5.75 Å². The molecule has 1 aliphatic heterocycles. The Morgan fingerprint density at radius 3 is 2.65 bits per heavy atom. The molecular weight excluding hydrogens is 506 g/mol. The fraction of sp³-hybridized carbons (Fsp3) is 0.227. The van der Waals surface area contributed by atoms with Crippen LogP contribution in [-0.4, -0.2) is 42.3 Å². The Hall–Kier alpha value is -2.29. The van der Waals surface area contributed by atoms with Gasteiger partial charge in [0.2, 0.25) is 0 Å². The molecule has 0 atom stereocenters. The Balaban J connectivity index is 1.67. The van der Waals surface area contributed by atoms with Gasteiger partial charge in [0.15, 0.2) is 12.4 Å². The van der Waals surface area contributed by atoms with Crippen LogP contribution in [0.25, 0.3) is 6.08 Å². The van der Waals surface area contributed by atoms with Gasteiger partial charge in [0.05, 0.1) is 21.5 Å². The van der Waals surface area contributed by atoms with Crippen LogP contribution in [0.1, 0.15) is 17.5 Å². The predicted molar refractivity (Wildman–Crippen MR) is 124 cm³/mol. The summed E-state index contributed by atoms with van der Waals surface area (Å²) < 4.78 is 10.4. The third-order valence-corrected chi connectivity index (χ3v) is 6.22. The summed E-state index contributed by atoms with van der Waals surface area (Å²) >= 11 is 10.5. The fourth-order valence-corrected chi connectivity index (χ4v) is 4.77. The van der Waals surface area contributed by atoms with Gasteiger partial charge < -0.3 is 9.47 Å². The van der Waals surface area contributed by atoms with E-state index in [0.29, 0.717) is 33.7 Å². The van der Waals surface area contributed by atoms with E-state index in [1.165, 1.54) is 17.6 Å². The quantitative estimate of drug-likeness (QED) is 0.344. The number of methoxy groups -OCH3 is 1. The fourth-order valence-electron chi connectivity index (χ4n) is 2.92. The standard InChI is InChI=1S/C22H19BrClNO5S/c1-29-19(26)13-30-20-16(23)10-15(11-17(20)24)12-18-21(27)25(22(28)31-18)9-5-8-14-6-3-2-4-7-14/h2-4,6-7,10-12H,5,8-9,13H2,1H3/b18-12+. The van der Waals surface area contributed by atoms with Gasteiger partial charge in [-0.3, -0.25) is 14.5 Å². The van der Waals surface area contributed by atoms with Gasteiger partial charge in [-0.2, -0.15) is 0 Å². The van der Waals surface area contributed by atoms with Crippen molar-refractivity contribution in [2.24, 2.45) is 0 Å². The van der Waals surface area contributed by atoms with Crippen LogP contribution in [0.2, 0.25) is 5.02 Å². The van der Waals surface area contributed by atoms with Crippen molar-refractivity contribution in [2.75, 3.05) is 20.3 Å². The molecule has 2 aromatic carbocycles. The van der Waals surface area contributed by atoms with Gasteiger partial charge in [0, 0.05) is 6.54 Å². The van der Waals surface area contributed by atoms with Crippen LogP contribution in [0, 0.1) is 0 Å². The molecule has 9 heteroatoms. The zero-order chi connectivity index (χ0) is 22.4. The Labute approximate surface area is 197 Å². The highest BCUT2D eigenvalue weighted by Gasteiger charge is 2.34. The summed E-state index contributed by atoms with van der Waals surface area (Å²) in [6.45, 7) is 0.0810. The van der Waals surface area contributed by atoms with Crippen LogP contribution in [-0.2, 0) is 20.7 Å². The highest BCUT2D eigenvalue weighted by molar-refractivity contribution is 9.10. The van der Waals surface area contributed by atoms with E-state index in [4.69, 9.17) is 16.3 Å². The minimum atomic E-state index is -0.534. The molecule has 31 heavy (non-hydrogen) atoms. The van der Waals surface area contributed by atoms with Gasteiger partial charge in [-0.15, -0.1) is 0 Å². The number of carbonyl (C=O) groups is 3. The number of aryl methyl sites for hydroxylation is 1. The number of carbonyl (C=O) groups excluding carboxylic acids is 3. The summed E-state index contributed by atoms with van der Waals surface area (Å²) in [7, 11) is 1.26. The van der Waals surface area contributed by atoms with Crippen molar-refractivity contribution < 1.29 is 23.9 Å². The second-order valence-corrected chi connectivity index (χ2v) is 8.86. The third-order valence-electron chi connectivity index (χ3n) is 4.44. The monoisotopic (exact) mass is 523 g/mol. The molecule has 0 unspecified atom stereocenters. The van der Waals surface area contributed by atoms with Crippen molar-refractivity contribution in [1.29, 1.82) is 0 Å². The number of benzene rings is 2. The lowest BCUT2D eigenvalue weighted by Gasteiger charge is -2.12. The van der Waals surface area contributed by atoms with Crippen molar-refractivity contribution in [1.82, 2.24) is 4.90 Å². The zero-order valence-electron chi connectivity index (χ0n) is 16.6. The van der Waals surface area contributed by atoms with Crippen LogP contribution in [0.15, 0.2) is 51.8 Å². The first-order valence-corrected chi connectivity index (χ1v) is 11.4. The molecule has 2 amide bonds. The number of halogens is 2. The molecule has 0 N–H and O–H groups in total. The van der Waals surface area contributed by atoms with Crippen molar-refractivity contribution in [3.63, 3.8) is 0 Å². The first-order valence-electron chi connectivity index (χ1n) is 9.37. The molecular formula is C22H19BrClNO5S. The molecule has 6 nitrogen and oxygen atoms in total. The SMILES string of the molecule is COC(=O)COc1c(Cl)cc(/C=C2/SC(=O)N(CCCc3ccccc3)C2=O)cc1Br. The molecule has 0 aliphatic carbocycles. The Morgan fingerprint density at radius 1 is 1.23 bits per heavy atom. The molecule has 0 spiro atoms. The third kappa shape index (κ3) is 6.12. The zero-order valence-corrected chi connectivity index (χ0v) is 19.8. The van der Waals surface area contributed by atoms with Crippen LogP contribution < -0.4 is 4.74 Å². The lowest BCUT2D eigenvalue weighted by molar-refractivity contribution is -0.142. The molecule has 1 fully saturated rings. The molecule has 1 aliphatic rings. The number of hydrogen-bond acceptors (Lipinski definition) is 6. The Kier molecular flexibility index (Phi) is 8.17. The molecule has 1 saturated heterocycles. The molecule has 3 rings (SSSR count). The summed E-state index contributed by atoms with van der Waals surface area (Å²) in [6, 6.07) is 13.2. The molecule has 0 aromatic heterocycles. The summed E-state index contributed by atoms with van der Waals surface area (Å²) in [5.41, 5.74) is 1.79. The number of rotatable bonds is 8. The smallest absolute Gasteiger partial charge is 0.343 e. The highest BCUT2D eigenvalue weighted by Crippen LogP contribution is 2.37. The second kappa shape index (κ2) is 10.8. The van der Waals surface area contributed by atoms with E-state index in [-0.39, 0.29) is 22.8 Å². The Bertz CT molecular complexity index is 1000. The minimum Gasteiger partial charge on any atom is -0.479 e. The van der Waals surface area contributed by atoms with E-state index in [0.717, 1.165) is 18.2 Å². The van der Waals surface area contributed by atoms with E-state index in [1.54, 1.807) is 18.2 Å². The Morgan fingerprint density at radius 2 is 1.97 bits per heavy atom. The normalized spacial score (nSPS) is 14.9. The topological polar surface area (TPSA) is 72.9 Å². The van der Waals surface area contributed by atoms with Gasteiger partial charge in [0.25, 0.3) is 11.1 Å². The lowest BCUT2D eigenvalue weighted by Crippen LogP contribution is -2.29. The molecule has 0 saturated carbocycles. The average molecular weight is 525 g/mol. The molecule has 0 bridgehead atoms. The second-order valence-electron chi connectivity index (χ2n) is 6.60. The number of esters is 1. The van der Waals surface area contributed by atoms with Gasteiger partial charge in [-0.1, -0.05) is 41.9 Å². The van der Waals surface area contributed by atoms with E-state index < -0.39 is 5.97 Å². The highest BCUT2D eigenvalue weighted by atomic mass is 79.9. The molecule has 1 heterocycles. The number of hydrogen-bond donors (Lipinski definition) is 0. The van der Waals surface area contributed by atoms with Crippen LogP contribution in [0.5, 0.6) is 5.75 Å². The number of amides is 2. The van der Waals surface area contributed by atoms with Crippen molar-refractivity contribution >= 4 is 62.5 Å². The first kappa shape index (κ1) is 23.4. The van der Waals surface area contributed by atoms with Gasteiger partial charge in [0.1, 0.15) is 0 Å². The van der Waals surface area contributed by atoms with Crippen LogP contribution >= 0.6 is 39.3 Å². The van der Waals surface area contributed by atoms with Crippen LogP contribution in [0.4, 0.5) is 4.79 Å². The van der Waals surface area contributed by atoms with E-state index in [9.17, 15) is 14.4 Å². The summed E-state index contributed by atoms with van der Waals surface area (Å²) in [4.78, 5) is 37.9. The van der Waals surface area contributed by atoms with Gasteiger partial charge >= 0.3 is 5.97 Å². The summed E-state index contributed by atoms with van der Waals surface area (Å²) in [5, 5.41) is -0.0286. The molecule has 162 valence electrons. The maximum absolute atomic E-state index is 12.7. The van der Waals surface area contributed by atoms with Crippen molar-refractivity contribution in [3.05, 3.63) is 68.0 Å². The summed E-state index contributed by atoms with van der Waals surface area (Å²) in [6.07, 6.45) is 3.10. The number of imide groups is 1. The summed E-state index contributed by atoms with van der Waals surface area (Å²) in [5.74, 6) is -0.562. The van der Waals surface area contributed by atoms with E-state index >= 15 is 0 Å². The van der Waals surface area contributed by atoms with E-state index in [2.05, 4.69) is 20.7 Å². The average Bonchev–Trinajstić information content (AvgIpc) is 3.01. The minimum absolute atomic E-state index is 0.256. The number of thioether (sulfide) groups is 1. The lowest BCUT2D eigenvalue weighted by atomic mass is 10.1.